The summed E-state index contributed by atoms with van der Waals surface area (Å²) >= 11 is 0. The molecule has 1 fully saturated rings. The quantitative estimate of drug-likeness (QED) is 0.844. The molecule has 3 rings (SSSR count). The molecule has 1 saturated heterocycles. The average Bonchev–Trinajstić information content (AvgIpc) is 2.51. The van der Waals surface area contributed by atoms with Crippen LogP contribution in [-0.2, 0) is 17.8 Å². The van der Waals surface area contributed by atoms with Gasteiger partial charge in [0.15, 0.2) is 0 Å². The van der Waals surface area contributed by atoms with Crippen LogP contribution in [0.3, 0.4) is 0 Å². The second kappa shape index (κ2) is 7.38. The molecular formula is C19H25N3O2. The fraction of sp³-hybridized carbons (Fsp3) is 0.474. The van der Waals surface area contributed by atoms with Crippen LogP contribution in [0.1, 0.15) is 22.8 Å². The van der Waals surface area contributed by atoms with Gasteiger partial charge in [-0.1, -0.05) is 12.1 Å². The van der Waals surface area contributed by atoms with E-state index >= 15 is 0 Å². The number of aliphatic hydroxyl groups is 1. The summed E-state index contributed by atoms with van der Waals surface area (Å²) in [6.07, 6.45) is 0. The van der Waals surface area contributed by atoms with Crippen LogP contribution >= 0.6 is 0 Å². The molecule has 1 N–H and O–H groups in total. The number of pyridine rings is 2. The molecule has 2 aromatic rings. The van der Waals surface area contributed by atoms with Gasteiger partial charge in [0, 0.05) is 31.0 Å². The summed E-state index contributed by atoms with van der Waals surface area (Å²) in [5.74, 6) is 0. The van der Waals surface area contributed by atoms with Crippen LogP contribution in [0.15, 0.2) is 36.4 Å². The van der Waals surface area contributed by atoms with Crippen molar-refractivity contribution in [3.63, 3.8) is 0 Å². The van der Waals surface area contributed by atoms with E-state index in [2.05, 4.69) is 14.9 Å². The number of aliphatic hydroxyl groups excluding tert-OH is 1. The van der Waals surface area contributed by atoms with Gasteiger partial charge in [0.05, 0.1) is 36.6 Å². The van der Waals surface area contributed by atoms with Gasteiger partial charge >= 0.3 is 0 Å². The number of aromatic nitrogens is 2. The Morgan fingerprint density at radius 1 is 1.00 bits per heavy atom. The van der Waals surface area contributed by atoms with Crippen molar-refractivity contribution in [2.45, 2.75) is 26.9 Å². The van der Waals surface area contributed by atoms with E-state index in [9.17, 15) is 5.11 Å². The Balaban J connectivity index is 1.77. The standard InChI is InChI=1S/C19H25N3O2/c1-15-5-3-7-17(20-15)9-22(11-19(12-23)13-24-14-19)10-18-8-4-6-16(2)21-18/h3-8,23H,9-14H2,1-2H3. The number of hydrogen-bond donors (Lipinski definition) is 1. The monoisotopic (exact) mass is 327 g/mol. The minimum atomic E-state index is -0.159. The second-order valence-corrected chi connectivity index (χ2v) is 6.84. The lowest BCUT2D eigenvalue weighted by atomic mass is 9.86. The molecule has 0 unspecified atom stereocenters. The largest absolute Gasteiger partial charge is 0.396 e. The van der Waals surface area contributed by atoms with Crippen LogP contribution in [-0.4, -0.2) is 46.3 Å². The molecule has 0 radical (unpaired) electrons. The summed E-state index contributed by atoms with van der Waals surface area (Å²) in [6.45, 7) is 7.62. The van der Waals surface area contributed by atoms with Gasteiger partial charge < -0.3 is 9.84 Å². The number of aryl methyl sites for hydroxylation is 2. The predicted molar refractivity (Wildman–Crippen MR) is 92.4 cm³/mol. The third kappa shape index (κ3) is 4.17. The van der Waals surface area contributed by atoms with E-state index in [0.717, 1.165) is 42.4 Å². The van der Waals surface area contributed by atoms with Crippen molar-refractivity contribution in [1.82, 2.24) is 14.9 Å². The molecule has 2 aromatic heterocycles. The molecule has 128 valence electrons. The zero-order chi connectivity index (χ0) is 17.0. The van der Waals surface area contributed by atoms with Gasteiger partial charge in [-0.05, 0) is 38.1 Å². The number of ether oxygens (including phenoxy) is 1. The van der Waals surface area contributed by atoms with Crippen molar-refractivity contribution in [3.05, 3.63) is 59.2 Å². The smallest absolute Gasteiger partial charge is 0.0579 e. The first-order valence-corrected chi connectivity index (χ1v) is 8.35. The zero-order valence-electron chi connectivity index (χ0n) is 14.4. The van der Waals surface area contributed by atoms with E-state index in [4.69, 9.17) is 4.74 Å². The van der Waals surface area contributed by atoms with Crippen LogP contribution in [0.5, 0.6) is 0 Å². The summed E-state index contributed by atoms with van der Waals surface area (Å²) in [6, 6.07) is 12.2. The fourth-order valence-electron chi connectivity index (χ4n) is 3.10. The lowest BCUT2D eigenvalue weighted by Gasteiger charge is -2.43. The highest BCUT2D eigenvalue weighted by Crippen LogP contribution is 2.29. The summed E-state index contributed by atoms with van der Waals surface area (Å²) in [7, 11) is 0. The minimum Gasteiger partial charge on any atom is -0.396 e. The third-order valence-electron chi connectivity index (χ3n) is 4.37. The summed E-state index contributed by atoms with van der Waals surface area (Å²) in [5.41, 5.74) is 3.95. The molecule has 3 heterocycles. The van der Waals surface area contributed by atoms with Gasteiger partial charge in [0.1, 0.15) is 0 Å². The highest BCUT2D eigenvalue weighted by molar-refractivity contribution is 5.12. The average molecular weight is 327 g/mol. The number of nitrogens with zero attached hydrogens (tertiary/aromatic N) is 3. The Labute approximate surface area is 143 Å². The van der Waals surface area contributed by atoms with Crippen molar-refractivity contribution >= 4 is 0 Å². The van der Waals surface area contributed by atoms with Crippen LogP contribution in [0.4, 0.5) is 0 Å². The van der Waals surface area contributed by atoms with Crippen LogP contribution in [0.2, 0.25) is 0 Å². The summed E-state index contributed by atoms with van der Waals surface area (Å²) in [5, 5.41) is 9.77. The first kappa shape index (κ1) is 17.0. The van der Waals surface area contributed by atoms with Crippen molar-refractivity contribution in [2.24, 2.45) is 5.41 Å². The first-order valence-electron chi connectivity index (χ1n) is 8.35. The molecule has 0 saturated carbocycles. The van der Waals surface area contributed by atoms with E-state index in [-0.39, 0.29) is 12.0 Å². The topological polar surface area (TPSA) is 58.5 Å². The minimum absolute atomic E-state index is 0.145. The van der Waals surface area contributed by atoms with E-state index in [0.29, 0.717) is 13.2 Å². The molecule has 0 atom stereocenters. The van der Waals surface area contributed by atoms with Gasteiger partial charge in [-0.2, -0.15) is 0 Å². The maximum absolute atomic E-state index is 9.77. The molecule has 0 amide bonds. The van der Waals surface area contributed by atoms with Gasteiger partial charge in [-0.3, -0.25) is 14.9 Å². The maximum atomic E-state index is 9.77. The highest BCUT2D eigenvalue weighted by atomic mass is 16.5. The van der Waals surface area contributed by atoms with Crippen molar-refractivity contribution in [3.8, 4) is 0 Å². The van der Waals surface area contributed by atoms with Crippen molar-refractivity contribution in [2.75, 3.05) is 26.4 Å². The SMILES string of the molecule is Cc1cccc(CN(Cc2cccc(C)n2)CC2(CO)COC2)n1. The zero-order valence-corrected chi connectivity index (χ0v) is 14.4. The van der Waals surface area contributed by atoms with Gasteiger partial charge in [0.2, 0.25) is 0 Å². The Morgan fingerprint density at radius 2 is 1.54 bits per heavy atom. The highest BCUT2D eigenvalue weighted by Gasteiger charge is 2.39. The van der Waals surface area contributed by atoms with Crippen LogP contribution in [0, 0.1) is 19.3 Å². The predicted octanol–water partition coefficient (Wildman–Crippen LogP) is 2.10. The van der Waals surface area contributed by atoms with Gasteiger partial charge in [-0.25, -0.2) is 0 Å². The summed E-state index contributed by atoms with van der Waals surface area (Å²) in [4.78, 5) is 11.5. The maximum Gasteiger partial charge on any atom is 0.0579 e. The Kier molecular flexibility index (Phi) is 5.23. The normalized spacial score (nSPS) is 16.2. The summed E-state index contributed by atoms with van der Waals surface area (Å²) < 4.78 is 5.35. The van der Waals surface area contributed by atoms with Gasteiger partial charge in [0.25, 0.3) is 0 Å². The third-order valence-corrected chi connectivity index (χ3v) is 4.37. The lowest BCUT2D eigenvalue weighted by molar-refractivity contribution is -0.150. The fourth-order valence-corrected chi connectivity index (χ4v) is 3.10. The van der Waals surface area contributed by atoms with E-state index in [1.165, 1.54) is 0 Å². The molecule has 0 aliphatic carbocycles. The van der Waals surface area contributed by atoms with E-state index in [1.807, 2.05) is 50.2 Å². The lowest BCUT2D eigenvalue weighted by Crippen LogP contribution is -2.53. The molecule has 5 nitrogen and oxygen atoms in total. The molecule has 1 aliphatic rings. The van der Waals surface area contributed by atoms with Crippen molar-refractivity contribution < 1.29 is 9.84 Å². The number of hydrogen-bond acceptors (Lipinski definition) is 5. The second-order valence-electron chi connectivity index (χ2n) is 6.84. The van der Waals surface area contributed by atoms with Gasteiger partial charge in [-0.15, -0.1) is 0 Å². The van der Waals surface area contributed by atoms with Crippen LogP contribution < -0.4 is 0 Å². The molecule has 1 aliphatic heterocycles. The van der Waals surface area contributed by atoms with E-state index < -0.39 is 0 Å². The first-order chi connectivity index (χ1) is 11.6. The molecule has 0 aromatic carbocycles. The Bertz CT molecular complexity index is 633. The van der Waals surface area contributed by atoms with Crippen molar-refractivity contribution in [1.29, 1.82) is 0 Å². The molecule has 24 heavy (non-hydrogen) atoms. The Hall–Kier alpha value is -1.82. The molecule has 5 heteroatoms. The molecule has 0 spiro atoms. The van der Waals surface area contributed by atoms with Crippen LogP contribution in [0.25, 0.3) is 0 Å². The Morgan fingerprint density at radius 3 is 1.92 bits per heavy atom. The molecule has 0 bridgehead atoms. The number of rotatable bonds is 7. The van der Waals surface area contributed by atoms with E-state index in [1.54, 1.807) is 0 Å². The molecular weight excluding hydrogens is 302 g/mol.